The van der Waals surface area contributed by atoms with Crippen molar-refractivity contribution >= 4 is 10.0 Å². The maximum atomic E-state index is 11.8. The average Bonchev–Trinajstić information content (AvgIpc) is 2.46. The van der Waals surface area contributed by atoms with Crippen molar-refractivity contribution in [2.24, 2.45) is 0 Å². The maximum absolute atomic E-state index is 11.8. The molecule has 1 N–H and O–H groups in total. The normalized spacial score (nSPS) is 13.1. The van der Waals surface area contributed by atoms with E-state index in [1.54, 1.807) is 0 Å². The highest BCUT2D eigenvalue weighted by atomic mass is 32.2. The van der Waals surface area contributed by atoms with Crippen LogP contribution in [-0.4, -0.2) is 18.9 Å². The summed E-state index contributed by atoms with van der Waals surface area (Å²) in [7, 11) is -5.32. The summed E-state index contributed by atoms with van der Waals surface area (Å²) >= 11 is 0. The molecule has 0 amide bonds. The summed E-state index contributed by atoms with van der Waals surface area (Å²) in [6.07, 6.45) is 1.08. The summed E-state index contributed by atoms with van der Waals surface area (Å²) in [6, 6.07) is 0. The second-order valence-corrected chi connectivity index (χ2v) is 4.39. The van der Waals surface area contributed by atoms with Gasteiger partial charge in [-0.25, -0.2) is 18.1 Å². The summed E-state index contributed by atoms with van der Waals surface area (Å²) in [4.78, 5) is 3.63. The third-order valence-corrected chi connectivity index (χ3v) is 2.55. The topological polar surface area (TPSA) is 72.2 Å². The fraction of sp³-hybridized carbons (Fsp3) is 0.500. The largest absolute Gasteiger partial charge is 0.511 e. The highest BCUT2D eigenvalue weighted by Crippen LogP contribution is 2.21. The van der Waals surface area contributed by atoms with E-state index in [0.29, 0.717) is 0 Å². The van der Waals surface area contributed by atoms with Gasteiger partial charge in [0.1, 0.15) is 6.26 Å². The standard InChI is InChI=1S/C6H7F3N2O3S/c1-4-11-5(3-14-4)2-10-15(12,13)6(7,8)9/h3,10H,2H2,1H3. The Morgan fingerprint density at radius 2 is 2.13 bits per heavy atom. The van der Waals surface area contributed by atoms with E-state index < -0.39 is 22.1 Å². The number of nitrogens with one attached hydrogen (secondary N) is 1. The molecule has 5 nitrogen and oxygen atoms in total. The first-order valence-electron chi connectivity index (χ1n) is 3.69. The zero-order valence-electron chi connectivity index (χ0n) is 7.50. The molecular formula is C6H7F3N2O3S. The molecular weight excluding hydrogens is 237 g/mol. The monoisotopic (exact) mass is 244 g/mol. The Morgan fingerprint density at radius 1 is 1.53 bits per heavy atom. The maximum Gasteiger partial charge on any atom is 0.511 e. The Bertz CT molecular complexity index is 437. The van der Waals surface area contributed by atoms with Crippen LogP contribution in [0.5, 0.6) is 0 Å². The van der Waals surface area contributed by atoms with Gasteiger partial charge in [-0.3, -0.25) is 0 Å². The molecule has 1 heterocycles. The molecule has 0 spiro atoms. The van der Waals surface area contributed by atoms with E-state index in [1.165, 1.54) is 11.6 Å². The first-order valence-corrected chi connectivity index (χ1v) is 5.17. The van der Waals surface area contributed by atoms with Crippen LogP contribution in [0.2, 0.25) is 0 Å². The molecule has 15 heavy (non-hydrogen) atoms. The van der Waals surface area contributed by atoms with Crippen LogP contribution in [0.25, 0.3) is 0 Å². The number of sulfonamides is 1. The van der Waals surface area contributed by atoms with Gasteiger partial charge < -0.3 is 4.42 Å². The lowest BCUT2D eigenvalue weighted by atomic mass is 10.5. The van der Waals surface area contributed by atoms with Crippen LogP contribution in [0, 0.1) is 6.92 Å². The van der Waals surface area contributed by atoms with Crippen LogP contribution in [0.3, 0.4) is 0 Å². The van der Waals surface area contributed by atoms with Crippen molar-refractivity contribution in [1.82, 2.24) is 9.71 Å². The number of rotatable bonds is 3. The van der Waals surface area contributed by atoms with Gasteiger partial charge in [-0.05, 0) is 0 Å². The lowest BCUT2D eigenvalue weighted by Gasteiger charge is -2.07. The molecule has 1 rings (SSSR count). The van der Waals surface area contributed by atoms with Gasteiger partial charge >= 0.3 is 15.5 Å². The average molecular weight is 244 g/mol. The molecule has 0 atom stereocenters. The summed E-state index contributed by atoms with van der Waals surface area (Å²) in [6.45, 7) is 0.931. The van der Waals surface area contributed by atoms with Crippen LogP contribution < -0.4 is 4.72 Å². The molecule has 0 fully saturated rings. The van der Waals surface area contributed by atoms with Gasteiger partial charge in [-0.15, -0.1) is 0 Å². The highest BCUT2D eigenvalue weighted by molar-refractivity contribution is 7.90. The van der Waals surface area contributed by atoms with Gasteiger partial charge in [-0.1, -0.05) is 0 Å². The number of halogens is 3. The zero-order valence-corrected chi connectivity index (χ0v) is 8.32. The molecule has 1 aromatic heterocycles. The van der Waals surface area contributed by atoms with Crippen molar-refractivity contribution in [3.8, 4) is 0 Å². The van der Waals surface area contributed by atoms with E-state index in [2.05, 4.69) is 9.40 Å². The van der Waals surface area contributed by atoms with E-state index in [9.17, 15) is 21.6 Å². The quantitative estimate of drug-likeness (QED) is 0.858. The van der Waals surface area contributed by atoms with E-state index >= 15 is 0 Å². The SMILES string of the molecule is Cc1nc(CNS(=O)(=O)C(F)(F)F)co1. The number of nitrogens with zero attached hydrogens (tertiary/aromatic N) is 1. The van der Waals surface area contributed by atoms with E-state index in [4.69, 9.17) is 0 Å². The Morgan fingerprint density at radius 3 is 2.53 bits per heavy atom. The predicted octanol–water partition coefficient (Wildman–Crippen LogP) is 0.922. The second-order valence-electron chi connectivity index (χ2n) is 2.63. The summed E-state index contributed by atoms with van der Waals surface area (Å²) < 4.78 is 62.7. The van der Waals surface area contributed by atoms with Crippen molar-refractivity contribution in [1.29, 1.82) is 0 Å². The van der Waals surface area contributed by atoms with E-state index in [1.807, 2.05) is 0 Å². The van der Waals surface area contributed by atoms with Crippen LogP contribution in [0.1, 0.15) is 11.6 Å². The molecule has 0 aliphatic carbocycles. The minimum atomic E-state index is -5.32. The number of aromatic nitrogens is 1. The summed E-state index contributed by atoms with van der Waals surface area (Å²) in [5.41, 5.74) is -5.23. The predicted molar refractivity (Wildman–Crippen MR) is 43.1 cm³/mol. The molecule has 0 saturated heterocycles. The van der Waals surface area contributed by atoms with Gasteiger partial charge in [0.2, 0.25) is 0 Å². The van der Waals surface area contributed by atoms with Gasteiger partial charge in [0.25, 0.3) is 0 Å². The van der Waals surface area contributed by atoms with Crippen LogP contribution in [0.15, 0.2) is 10.7 Å². The molecule has 0 aliphatic rings. The molecule has 0 aliphatic heterocycles. The fourth-order valence-electron chi connectivity index (χ4n) is 0.740. The Kier molecular flexibility index (Phi) is 3.05. The van der Waals surface area contributed by atoms with Gasteiger partial charge in [0, 0.05) is 6.92 Å². The number of oxazole rings is 1. The number of hydrogen-bond donors (Lipinski definition) is 1. The summed E-state index contributed by atoms with van der Waals surface area (Å²) in [5, 5.41) is 0. The van der Waals surface area contributed by atoms with Crippen LogP contribution >= 0.6 is 0 Å². The molecule has 86 valence electrons. The van der Waals surface area contributed by atoms with Crippen molar-refractivity contribution in [2.75, 3.05) is 0 Å². The van der Waals surface area contributed by atoms with Crippen LogP contribution in [0.4, 0.5) is 13.2 Å². The molecule has 0 bridgehead atoms. The molecule has 0 aromatic carbocycles. The molecule has 0 saturated carbocycles. The number of hydrogen-bond acceptors (Lipinski definition) is 4. The smallest absolute Gasteiger partial charge is 0.449 e. The molecule has 0 unspecified atom stereocenters. The number of alkyl halides is 3. The first kappa shape index (κ1) is 12.0. The van der Waals surface area contributed by atoms with Crippen molar-refractivity contribution in [3.63, 3.8) is 0 Å². The van der Waals surface area contributed by atoms with Gasteiger partial charge in [-0.2, -0.15) is 13.2 Å². The third kappa shape index (κ3) is 2.93. The minimum absolute atomic E-state index is 0.0836. The van der Waals surface area contributed by atoms with Crippen molar-refractivity contribution < 1.29 is 26.0 Å². The van der Waals surface area contributed by atoms with Crippen molar-refractivity contribution in [2.45, 2.75) is 19.0 Å². The Hall–Kier alpha value is -1.09. The lowest BCUT2D eigenvalue weighted by molar-refractivity contribution is -0.0448. The van der Waals surface area contributed by atoms with Crippen molar-refractivity contribution in [3.05, 3.63) is 17.8 Å². The van der Waals surface area contributed by atoms with Crippen LogP contribution in [-0.2, 0) is 16.6 Å². The zero-order chi connectivity index (χ0) is 11.7. The first-order chi connectivity index (χ1) is 6.72. The lowest BCUT2D eigenvalue weighted by Crippen LogP contribution is -2.36. The van der Waals surface area contributed by atoms with E-state index in [0.717, 1.165) is 6.26 Å². The second kappa shape index (κ2) is 3.81. The number of aryl methyl sites for hydroxylation is 1. The van der Waals surface area contributed by atoms with E-state index in [-0.39, 0.29) is 11.6 Å². The highest BCUT2D eigenvalue weighted by Gasteiger charge is 2.45. The fourth-order valence-corrected chi connectivity index (χ4v) is 1.24. The molecule has 1 aromatic rings. The Balaban J connectivity index is 2.66. The molecule has 0 radical (unpaired) electrons. The minimum Gasteiger partial charge on any atom is -0.449 e. The van der Waals surface area contributed by atoms with Gasteiger partial charge in [0.05, 0.1) is 12.2 Å². The third-order valence-electron chi connectivity index (χ3n) is 1.41. The van der Waals surface area contributed by atoms with Gasteiger partial charge in [0.15, 0.2) is 5.89 Å². The molecule has 9 heteroatoms. The Labute approximate surface area is 83.3 Å². The summed E-state index contributed by atoms with van der Waals surface area (Å²) in [5.74, 6) is 0.246.